The molecule has 0 fully saturated rings. The summed E-state index contributed by atoms with van der Waals surface area (Å²) in [4.78, 5) is 27.6. The van der Waals surface area contributed by atoms with Crippen LogP contribution in [0.25, 0.3) is 22.3 Å². The van der Waals surface area contributed by atoms with Crippen LogP contribution in [0.2, 0.25) is 0 Å². The molecule has 0 saturated heterocycles. The summed E-state index contributed by atoms with van der Waals surface area (Å²) in [6.07, 6.45) is 8.90. The standard InChI is InChI=1S/C71H75N5O2/c1-36-26-39(4)59(40(5)27-36)63-53-20-18-51(73-53)62(47-32-45(69(10,11)12)34-49-66(47)78-67-48(68(72)77)33-46(70(13,14)15)35-50(67)71(49,16)17)52-19-21-54(74-52)64(60-41(6)28-37(2)29-42(60)7)56-23-25-58(76-56)65(57-24-22-55(63)75-57)61-43(8)30-38(3)31-44(61)9/h18-35,53,73,75-76H,1-17H3,(H2,72,77)/b62-51-,63-55+,64-54+,65-57+. The van der Waals surface area contributed by atoms with Gasteiger partial charge in [-0.25, -0.2) is 4.99 Å². The van der Waals surface area contributed by atoms with Crippen molar-refractivity contribution in [2.75, 3.05) is 0 Å². The molecule has 396 valence electrons. The zero-order valence-electron chi connectivity index (χ0n) is 48.8. The molecule has 78 heavy (non-hydrogen) atoms. The summed E-state index contributed by atoms with van der Waals surface area (Å²) in [6, 6.07) is 31.2. The highest BCUT2D eigenvalue weighted by Crippen LogP contribution is 2.54. The molecule has 5 N–H and O–H groups in total. The molecule has 0 radical (unpaired) electrons. The van der Waals surface area contributed by atoms with E-state index in [1.54, 1.807) is 0 Å². The van der Waals surface area contributed by atoms with Crippen LogP contribution in [0.3, 0.4) is 0 Å². The predicted molar refractivity (Wildman–Crippen MR) is 324 cm³/mol. The van der Waals surface area contributed by atoms with Gasteiger partial charge in [0.15, 0.2) is 0 Å². The third-order valence-electron chi connectivity index (χ3n) is 16.8. The molecule has 5 aromatic carbocycles. The van der Waals surface area contributed by atoms with Crippen molar-refractivity contribution in [1.82, 2.24) is 15.3 Å². The number of carbonyl (C=O) groups is 1. The number of nitrogens with one attached hydrogen (secondary N) is 3. The zero-order chi connectivity index (χ0) is 55.8. The quantitative estimate of drug-likeness (QED) is 0.138. The van der Waals surface area contributed by atoms with Crippen molar-refractivity contribution in [1.29, 1.82) is 0 Å². The van der Waals surface area contributed by atoms with Gasteiger partial charge in [0, 0.05) is 72.2 Å². The molecule has 7 aromatic rings. The monoisotopic (exact) mass is 1030 g/mol. The topological polar surface area (TPSA) is 108 Å². The summed E-state index contributed by atoms with van der Waals surface area (Å²) in [5.41, 5.74) is 33.7. The van der Waals surface area contributed by atoms with E-state index in [0.29, 0.717) is 17.1 Å². The average molecular weight is 1030 g/mol. The van der Waals surface area contributed by atoms with Gasteiger partial charge in [0.05, 0.1) is 23.0 Å². The number of rotatable bonds is 5. The normalized spacial score (nSPS) is 19.9. The Morgan fingerprint density at radius 2 is 1.06 bits per heavy atom. The van der Waals surface area contributed by atoms with Crippen LogP contribution in [0.15, 0.2) is 126 Å². The van der Waals surface area contributed by atoms with Crippen LogP contribution >= 0.6 is 0 Å². The van der Waals surface area contributed by atoms with E-state index >= 15 is 0 Å². The summed E-state index contributed by atoms with van der Waals surface area (Å²) in [6.45, 7) is 37.7. The SMILES string of the molecule is Cc1cc(C)c(/C2=C3\C=CC(=N3)/C(c3cc(C(C)(C)C)cc4c3Oc3c(C(N)=O)cc(C(C)(C)C)cc3C4(C)C)=C3/C=CC(N3)/C(c3c(C)cc(C)cc3C)=c3/cc/c([nH]3)=C(\c3c(C)cc(C)cc3C)c3ccc2[nH]3)c(C)c1. The highest BCUT2D eigenvalue weighted by Gasteiger charge is 2.42. The van der Waals surface area contributed by atoms with Crippen LogP contribution in [0.5, 0.6) is 11.5 Å². The lowest BCUT2D eigenvalue weighted by atomic mass is 9.70. The number of aryl methyl sites for hydroxylation is 9. The van der Waals surface area contributed by atoms with E-state index in [4.69, 9.17) is 15.5 Å². The molecule has 11 rings (SSSR count). The second-order valence-corrected chi connectivity index (χ2v) is 25.4. The molecular weight excluding hydrogens is 955 g/mol. The van der Waals surface area contributed by atoms with E-state index in [9.17, 15) is 4.79 Å². The van der Waals surface area contributed by atoms with Crippen LogP contribution < -0.4 is 26.5 Å². The number of aromatic nitrogens is 2. The van der Waals surface area contributed by atoms with Gasteiger partial charge in [0.25, 0.3) is 5.91 Å². The second-order valence-electron chi connectivity index (χ2n) is 25.4. The molecule has 8 bridgehead atoms. The van der Waals surface area contributed by atoms with E-state index in [1.165, 1.54) is 61.2 Å². The third kappa shape index (κ3) is 8.67. The van der Waals surface area contributed by atoms with Gasteiger partial charge in [-0.15, -0.1) is 0 Å². The Labute approximate surface area is 461 Å². The number of H-pyrrole nitrogens is 2. The minimum Gasteiger partial charge on any atom is -0.455 e. The number of primary amides is 1. The maximum atomic E-state index is 13.7. The first-order chi connectivity index (χ1) is 36.7. The molecule has 0 aliphatic carbocycles. The lowest BCUT2D eigenvalue weighted by molar-refractivity contribution is 0.0997. The van der Waals surface area contributed by atoms with Gasteiger partial charge in [-0.3, -0.25) is 4.79 Å². The van der Waals surface area contributed by atoms with Crippen LogP contribution in [0.1, 0.15) is 172 Å². The maximum absolute atomic E-state index is 13.7. The molecule has 0 saturated carbocycles. The summed E-state index contributed by atoms with van der Waals surface area (Å²) in [5, 5.41) is 6.20. The second kappa shape index (κ2) is 18.4. The zero-order valence-corrected chi connectivity index (χ0v) is 48.8. The Balaban J connectivity index is 1.28. The Morgan fingerprint density at radius 1 is 0.564 bits per heavy atom. The molecule has 7 heteroatoms. The summed E-state index contributed by atoms with van der Waals surface area (Å²) in [7, 11) is 0. The molecule has 1 unspecified atom stereocenters. The molecule has 1 amide bonds. The van der Waals surface area contributed by atoms with Crippen LogP contribution in [-0.2, 0) is 16.2 Å². The molecule has 7 nitrogen and oxygen atoms in total. The van der Waals surface area contributed by atoms with Gasteiger partial charge < -0.3 is 25.8 Å². The van der Waals surface area contributed by atoms with Crippen LogP contribution in [0.4, 0.5) is 0 Å². The Kier molecular flexibility index (Phi) is 12.3. The number of hydrogen-bond donors (Lipinski definition) is 4. The number of aliphatic imine (C=N–C) groups is 1. The first kappa shape index (κ1) is 52.2. The van der Waals surface area contributed by atoms with Gasteiger partial charge in [-0.2, -0.15) is 0 Å². The van der Waals surface area contributed by atoms with Crippen molar-refractivity contribution in [3.8, 4) is 11.5 Å². The smallest absolute Gasteiger partial charge is 0.252 e. The van der Waals surface area contributed by atoms with Crippen molar-refractivity contribution in [2.24, 2.45) is 10.7 Å². The number of ether oxygens (including phenoxy) is 1. The van der Waals surface area contributed by atoms with Crippen molar-refractivity contribution in [2.45, 2.75) is 140 Å². The number of benzene rings is 5. The fourth-order valence-electron chi connectivity index (χ4n) is 13.1. The van der Waals surface area contributed by atoms with E-state index in [0.717, 1.165) is 94.9 Å². The van der Waals surface area contributed by atoms with Crippen molar-refractivity contribution >= 4 is 33.9 Å². The van der Waals surface area contributed by atoms with Gasteiger partial charge >= 0.3 is 0 Å². The number of aromatic amines is 2. The summed E-state index contributed by atoms with van der Waals surface area (Å²) in [5.74, 6) is 0.660. The molecule has 4 aliphatic rings. The molecule has 0 spiro atoms. The van der Waals surface area contributed by atoms with Gasteiger partial charge in [-0.1, -0.05) is 127 Å². The number of nitrogens with two attached hydrogens (primary N) is 1. The Morgan fingerprint density at radius 3 is 1.62 bits per heavy atom. The first-order valence-electron chi connectivity index (χ1n) is 27.6. The van der Waals surface area contributed by atoms with E-state index in [2.05, 4.69) is 236 Å². The van der Waals surface area contributed by atoms with Crippen molar-refractivity contribution in [3.63, 3.8) is 0 Å². The van der Waals surface area contributed by atoms with Crippen molar-refractivity contribution in [3.05, 3.63) is 243 Å². The Bertz CT molecular complexity index is 4010. The molecule has 2 aromatic heterocycles. The minimum absolute atomic E-state index is 0.247. The third-order valence-corrected chi connectivity index (χ3v) is 16.8. The number of nitrogens with zero attached hydrogens (tertiary/aromatic N) is 1. The van der Waals surface area contributed by atoms with Crippen molar-refractivity contribution < 1.29 is 9.53 Å². The first-order valence-corrected chi connectivity index (χ1v) is 27.6. The van der Waals surface area contributed by atoms with E-state index < -0.39 is 11.3 Å². The minimum atomic E-state index is -0.606. The molecule has 1 atom stereocenters. The van der Waals surface area contributed by atoms with Gasteiger partial charge in [-0.05, 0) is 189 Å². The lowest BCUT2D eigenvalue weighted by Crippen LogP contribution is -2.31. The number of allylic oxidation sites excluding steroid dienone is 4. The van der Waals surface area contributed by atoms with Gasteiger partial charge in [0.2, 0.25) is 0 Å². The molecule has 4 aliphatic heterocycles. The Hall–Kier alpha value is -7.90. The number of fused-ring (bicyclic) bond motifs is 9. The molecular formula is C71H75N5O2. The summed E-state index contributed by atoms with van der Waals surface area (Å²) < 4.78 is 7.36. The number of carbonyl (C=O) groups excluding carboxylic acids is 1. The van der Waals surface area contributed by atoms with Crippen LogP contribution in [-0.4, -0.2) is 27.6 Å². The van der Waals surface area contributed by atoms with Gasteiger partial charge in [0.1, 0.15) is 11.5 Å². The molecule has 6 heterocycles. The largest absolute Gasteiger partial charge is 0.455 e. The fraction of sp³-hybridized carbons (Fsp3) is 0.296. The predicted octanol–water partition coefficient (Wildman–Crippen LogP) is 14.4. The maximum Gasteiger partial charge on any atom is 0.252 e. The number of hydrogen-bond acceptors (Lipinski definition) is 4. The highest BCUT2D eigenvalue weighted by molar-refractivity contribution is 6.32. The highest BCUT2D eigenvalue weighted by atomic mass is 16.5. The van der Waals surface area contributed by atoms with Crippen LogP contribution in [0, 0.1) is 62.3 Å². The number of amides is 1. The van der Waals surface area contributed by atoms with E-state index in [1.807, 2.05) is 6.07 Å². The average Bonchev–Trinajstić information content (AvgIpc) is 4.26. The summed E-state index contributed by atoms with van der Waals surface area (Å²) >= 11 is 0. The fourth-order valence-corrected chi connectivity index (χ4v) is 13.1. The lowest BCUT2D eigenvalue weighted by Gasteiger charge is -2.39. The van der Waals surface area contributed by atoms with E-state index in [-0.39, 0.29) is 16.9 Å².